The Hall–Kier alpha value is -1.41. The van der Waals surface area contributed by atoms with E-state index in [0.29, 0.717) is 10.0 Å². The molecule has 6 heteroatoms. The number of hydrogen-bond donors (Lipinski definition) is 2. The third-order valence-electron chi connectivity index (χ3n) is 4.57. The maximum absolute atomic E-state index is 12.6. The summed E-state index contributed by atoms with van der Waals surface area (Å²) in [6.07, 6.45) is 3.94. The van der Waals surface area contributed by atoms with E-state index in [1.54, 1.807) is 12.1 Å². The van der Waals surface area contributed by atoms with E-state index in [4.69, 9.17) is 23.2 Å². The zero-order chi connectivity index (χ0) is 17.0. The molecule has 0 unspecified atom stereocenters. The maximum atomic E-state index is 12.6. The number of carbonyl (C=O) groups excluding carboxylic acids is 1. The van der Waals surface area contributed by atoms with Gasteiger partial charge in [0.05, 0.1) is 10.0 Å². The highest BCUT2D eigenvalue weighted by atomic mass is 35.5. The summed E-state index contributed by atoms with van der Waals surface area (Å²) in [7, 11) is 0. The van der Waals surface area contributed by atoms with Crippen molar-refractivity contribution in [2.24, 2.45) is 0 Å². The van der Waals surface area contributed by atoms with Crippen LogP contribution in [0.5, 0.6) is 0 Å². The first-order valence-electron chi connectivity index (χ1n) is 8.34. The average Bonchev–Trinajstić information content (AvgIpc) is 3.05. The number of halogens is 2. The van der Waals surface area contributed by atoms with Crippen LogP contribution in [-0.4, -0.2) is 42.6 Å². The molecule has 2 fully saturated rings. The lowest BCUT2D eigenvalue weighted by atomic mass is 9.98. The molecule has 1 saturated carbocycles. The summed E-state index contributed by atoms with van der Waals surface area (Å²) in [6, 6.07) is 5.34. The van der Waals surface area contributed by atoms with Crippen LogP contribution < -0.4 is 10.6 Å². The van der Waals surface area contributed by atoms with Crippen LogP contribution in [-0.2, 0) is 0 Å². The standard InChI is InChI=1S/C18H21Cl2N3O/c19-15-4-3-14(13-16(15)20)5-8-18(6-1-2-7-18)22-17(24)23-11-9-21-10-12-23/h3-4,13,21H,1-2,6-7,9-12H2,(H,22,24). The van der Waals surface area contributed by atoms with Crippen molar-refractivity contribution in [1.82, 2.24) is 15.5 Å². The second kappa shape index (κ2) is 7.65. The van der Waals surface area contributed by atoms with Crippen LogP contribution in [0.3, 0.4) is 0 Å². The topological polar surface area (TPSA) is 44.4 Å². The maximum Gasteiger partial charge on any atom is 0.318 e. The summed E-state index contributed by atoms with van der Waals surface area (Å²) in [6.45, 7) is 3.16. The van der Waals surface area contributed by atoms with Gasteiger partial charge >= 0.3 is 6.03 Å². The number of hydrogen-bond acceptors (Lipinski definition) is 2. The summed E-state index contributed by atoms with van der Waals surface area (Å²) >= 11 is 12.0. The molecular weight excluding hydrogens is 345 g/mol. The monoisotopic (exact) mass is 365 g/mol. The lowest BCUT2D eigenvalue weighted by Crippen LogP contribution is -2.55. The predicted octanol–water partition coefficient (Wildman–Crippen LogP) is 3.27. The van der Waals surface area contributed by atoms with Gasteiger partial charge in [0.1, 0.15) is 5.54 Å². The summed E-state index contributed by atoms with van der Waals surface area (Å²) in [5, 5.41) is 7.45. The minimum Gasteiger partial charge on any atom is -0.322 e. The van der Waals surface area contributed by atoms with Crippen molar-refractivity contribution in [2.75, 3.05) is 26.2 Å². The van der Waals surface area contributed by atoms with Gasteiger partial charge in [0, 0.05) is 31.7 Å². The van der Waals surface area contributed by atoms with Crippen LogP contribution in [0, 0.1) is 11.8 Å². The molecule has 1 saturated heterocycles. The summed E-state index contributed by atoms with van der Waals surface area (Å²) < 4.78 is 0. The highest BCUT2D eigenvalue weighted by Gasteiger charge is 2.35. The van der Waals surface area contributed by atoms with E-state index in [1.165, 1.54) is 0 Å². The number of nitrogens with one attached hydrogen (secondary N) is 2. The Kier molecular flexibility index (Phi) is 5.55. The Bertz CT molecular complexity index is 669. The molecule has 1 aliphatic carbocycles. The fraction of sp³-hybridized carbons (Fsp3) is 0.500. The van der Waals surface area contributed by atoms with E-state index in [2.05, 4.69) is 22.5 Å². The molecule has 24 heavy (non-hydrogen) atoms. The van der Waals surface area contributed by atoms with Crippen LogP contribution in [0.2, 0.25) is 10.0 Å². The minimum atomic E-state index is -0.436. The van der Waals surface area contributed by atoms with Gasteiger partial charge in [-0.15, -0.1) is 0 Å². The van der Waals surface area contributed by atoms with Gasteiger partial charge < -0.3 is 15.5 Å². The van der Waals surface area contributed by atoms with Gasteiger partial charge in [0.25, 0.3) is 0 Å². The zero-order valence-electron chi connectivity index (χ0n) is 13.5. The Morgan fingerprint density at radius 3 is 2.54 bits per heavy atom. The van der Waals surface area contributed by atoms with Gasteiger partial charge in [-0.25, -0.2) is 4.79 Å². The summed E-state index contributed by atoms with van der Waals surface area (Å²) in [4.78, 5) is 14.4. The second-order valence-corrected chi connectivity index (χ2v) is 7.15. The second-order valence-electron chi connectivity index (χ2n) is 6.34. The SMILES string of the molecule is O=C(NC1(C#Cc2ccc(Cl)c(Cl)c2)CCCC1)N1CCNCC1. The number of amides is 2. The molecule has 1 aromatic rings. The predicted molar refractivity (Wildman–Crippen MR) is 97.5 cm³/mol. The van der Waals surface area contributed by atoms with Gasteiger partial charge in [-0.1, -0.05) is 35.0 Å². The van der Waals surface area contributed by atoms with Crippen molar-refractivity contribution >= 4 is 29.2 Å². The third-order valence-corrected chi connectivity index (χ3v) is 5.31. The number of carbonyl (C=O) groups is 1. The van der Waals surface area contributed by atoms with Gasteiger partial charge in [-0.3, -0.25) is 0 Å². The number of nitrogens with zero attached hydrogens (tertiary/aromatic N) is 1. The minimum absolute atomic E-state index is 0.0122. The first-order chi connectivity index (χ1) is 11.6. The smallest absolute Gasteiger partial charge is 0.318 e. The molecule has 0 bridgehead atoms. The first-order valence-corrected chi connectivity index (χ1v) is 9.10. The molecule has 3 rings (SSSR count). The Morgan fingerprint density at radius 1 is 1.17 bits per heavy atom. The largest absolute Gasteiger partial charge is 0.322 e. The van der Waals surface area contributed by atoms with E-state index in [1.807, 2.05) is 11.0 Å². The molecule has 128 valence electrons. The van der Waals surface area contributed by atoms with Gasteiger partial charge in [0.15, 0.2) is 0 Å². The average molecular weight is 366 g/mol. The first kappa shape index (κ1) is 17.4. The van der Waals surface area contributed by atoms with Crippen LogP contribution in [0.15, 0.2) is 18.2 Å². The van der Waals surface area contributed by atoms with E-state index in [9.17, 15) is 4.79 Å². The molecule has 1 aromatic carbocycles. The number of urea groups is 1. The highest BCUT2D eigenvalue weighted by Crippen LogP contribution is 2.30. The van der Waals surface area contributed by atoms with Crippen molar-refractivity contribution in [3.63, 3.8) is 0 Å². The quantitative estimate of drug-likeness (QED) is 0.750. The summed E-state index contributed by atoms with van der Waals surface area (Å²) in [5.74, 6) is 6.47. The molecule has 0 radical (unpaired) electrons. The molecule has 0 spiro atoms. The highest BCUT2D eigenvalue weighted by molar-refractivity contribution is 6.42. The van der Waals surface area contributed by atoms with Gasteiger partial charge in [0.2, 0.25) is 0 Å². The van der Waals surface area contributed by atoms with E-state index in [0.717, 1.165) is 57.4 Å². The molecule has 2 N–H and O–H groups in total. The molecule has 1 heterocycles. The fourth-order valence-electron chi connectivity index (χ4n) is 3.18. The van der Waals surface area contributed by atoms with Crippen LogP contribution in [0.25, 0.3) is 0 Å². The number of rotatable bonds is 1. The Balaban J connectivity index is 1.75. The molecule has 1 aliphatic heterocycles. The molecule has 2 amide bonds. The zero-order valence-corrected chi connectivity index (χ0v) is 15.0. The normalized spacial score (nSPS) is 19.5. The lowest BCUT2D eigenvalue weighted by Gasteiger charge is -2.32. The lowest BCUT2D eigenvalue weighted by molar-refractivity contribution is 0.182. The van der Waals surface area contributed by atoms with Gasteiger partial charge in [-0.05, 0) is 43.9 Å². The number of benzene rings is 1. The van der Waals surface area contributed by atoms with E-state index in [-0.39, 0.29) is 6.03 Å². The van der Waals surface area contributed by atoms with Crippen LogP contribution in [0.1, 0.15) is 31.2 Å². The van der Waals surface area contributed by atoms with Crippen molar-refractivity contribution in [3.8, 4) is 11.8 Å². The molecule has 2 aliphatic rings. The van der Waals surface area contributed by atoms with E-state index >= 15 is 0 Å². The summed E-state index contributed by atoms with van der Waals surface area (Å²) in [5.41, 5.74) is 0.376. The Labute approximate surface area is 152 Å². The van der Waals surface area contributed by atoms with Crippen molar-refractivity contribution < 1.29 is 4.79 Å². The van der Waals surface area contributed by atoms with Crippen molar-refractivity contribution in [3.05, 3.63) is 33.8 Å². The third kappa shape index (κ3) is 4.16. The molecular formula is C18H21Cl2N3O. The molecule has 0 aromatic heterocycles. The number of piperazine rings is 1. The van der Waals surface area contributed by atoms with E-state index < -0.39 is 5.54 Å². The molecule has 4 nitrogen and oxygen atoms in total. The van der Waals surface area contributed by atoms with Gasteiger partial charge in [-0.2, -0.15) is 0 Å². The fourth-order valence-corrected chi connectivity index (χ4v) is 3.48. The van der Waals surface area contributed by atoms with Crippen molar-refractivity contribution in [2.45, 2.75) is 31.2 Å². The van der Waals surface area contributed by atoms with Crippen molar-refractivity contribution in [1.29, 1.82) is 0 Å². The van der Waals surface area contributed by atoms with Crippen LogP contribution >= 0.6 is 23.2 Å². The van der Waals surface area contributed by atoms with Crippen LogP contribution in [0.4, 0.5) is 4.79 Å². The molecule has 0 atom stereocenters. The Morgan fingerprint density at radius 2 is 1.88 bits per heavy atom.